The Labute approximate surface area is 253 Å². The average molecular weight is 638 g/mol. The predicted octanol–water partition coefficient (Wildman–Crippen LogP) is 5.62. The number of aromatic nitrogens is 1. The largest absolute Gasteiger partial charge is 0.494 e. The molecule has 1 heterocycles. The highest BCUT2D eigenvalue weighted by Gasteiger charge is 2.31. The molecule has 4 aromatic carbocycles. The second-order valence-electron chi connectivity index (χ2n) is 9.58. The molecule has 0 spiro atoms. The summed E-state index contributed by atoms with van der Waals surface area (Å²) in [5.41, 5.74) is -0.117. The summed E-state index contributed by atoms with van der Waals surface area (Å²) in [5.74, 6) is -0.299. The van der Waals surface area contributed by atoms with Crippen LogP contribution in [0.2, 0.25) is 0 Å². The summed E-state index contributed by atoms with van der Waals surface area (Å²) in [4.78, 5) is 23.5. The number of sulfonamides is 1. The number of nitro benzene ring substituents is 1. The zero-order chi connectivity index (χ0) is 31.8. The van der Waals surface area contributed by atoms with Crippen LogP contribution in [-0.2, 0) is 24.8 Å². The van der Waals surface area contributed by atoms with Gasteiger partial charge in [-0.3, -0.25) is 14.8 Å². The normalized spacial score (nSPS) is 11.9. The zero-order valence-corrected chi connectivity index (χ0v) is 25.4. The van der Waals surface area contributed by atoms with Crippen LogP contribution in [0.15, 0.2) is 88.7 Å². The van der Waals surface area contributed by atoms with Gasteiger partial charge in [0.25, 0.3) is 25.7 Å². The Balaban J connectivity index is 1.77. The first-order valence-electron chi connectivity index (χ1n) is 13.4. The first-order chi connectivity index (χ1) is 20.9. The van der Waals surface area contributed by atoms with Crippen molar-refractivity contribution in [1.82, 2.24) is 3.97 Å². The van der Waals surface area contributed by atoms with Crippen molar-refractivity contribution >= 4 is 59.1 Å². The Morgan fingerprint density at radius 1 is 0.864 bits per heavy atom. The van der Waals surface area contributed by atoms with Crippen molar-refractivity contribution in [2.45, 2.75) is 30.6 Å². The SMILES string of the molecule is CCOC(=O)c1c(C)n(S(=O)(=O)c2ccc([N+](=O)[O-])cc2)c2c1cc(NS(=O)(=O)c1ccc(OCC)cc1)c1ccccc12. The third-order valence-corrected chi connectivity index (χ3v) is 10.1. The maximum absolute atomic E-state index is 14.1. The Morgan fingerprint density at radius 3 is 2.07 bits per heavy atom. The summed E-state index contributed by atoms with van der Waals surface area (Å²) in [5, 5.41) is 12.0. The van der Waals surface area contributed by atoms with Gasteiger partial charge in [0.1, 0.15) is 5.75 Å². The number of nitrogens with zero attached hydrogens (tertiary/aromatic N) is 2. The molecule has 12 nitrogen and oxygen atoms in total. The van der Waals surface area contributed by atoms with E-state index in [4.69, 9.17) is 9.47 Å². The van der Waals surface area contributed by atoms with Crippen molar-refractivity contribution in [3.63, 3.8) is 0 Å². The number of esters is 1. The smallest absolute Gasteiger partial charge is 0.340 e. The fourth-order valence-electron chi connectivity index (χ4n) is 5.01. The summed E-state index contributed by atoms with van der Waals surface area (Å²) in [6, 6.07) is 18.2. The van der Waals surface area contributed by atoms with Crippen LogP contribution < -0.4 is 9.46 Å². The minimum atomic E-state index is -4.42. The van der Waals surface area contributed by atoms with Gasteiger partial charge in [0.05, 0.1) is 44.7 Å². The molecule has 1 aromatic heterocycles. The minimum absolute atomic E-state index is 0.00482. The van der Waals surface area contributed by atoms with E-state index in [9.17, 15) is 31.7 Å². The van der Waals surface area contributed by atoms with Crippen LogP contribution in [0.4, 0.5) is 11.4 Å². The molecule has 0 aliphatic heterocycles. The van der Waals surface area contributed by atoms with E-state index in [0.29, 0.717) is 23.1 Å². The number of anilines is 1. The molecule has 5 aromatic rings. The fourth-order valence-corrected chi connectivity index (χ4v) is 7.66. The third kappa shape index (κ3) is 5.33. The van der Waals surface area contributed by atoms with Crippen LogP contribution in [0.5, 0.6) is 5.75 Å². The van der Waals surface area contributed by atoms with Gasteiger partial charge in [-0.25, -0.2) is 25.6 Å². The van der Waals surface area contributed by atoms with Gasteiger partial charge in [-0.1, -0.05) is 24.3 Å². The monoisotopic (exact) mass is 637 g/mol. The highest BCUT2D eigenvalue weighted by molar-refractivity contribution is 7.92. The summed E-state index contributed by atoms with van der Waals surface area (Å²) in [6.07, 6.45) is 0. The molecule has 0 atom stereocenters. The highest BCUT2D eigenvalue weighted by atomic mass is 32.2. The zero-order valence-electron chi connectivity index (χ0n) is 23.8. The maximum atomic E-state index is 14.1. The van der Waals surface area contributed by atoms with E-state index in [1.807, 2.05) is 6.92 Å². The van der Waals surface area contributed by atoms with Crippen molar-refractivity contribution in [2.75, 3.05) is 17.9 Å². The molecule has 44 heavy (non-hydrogen) atoms. The lowest BCUT2D eigenvalue weighted by atomic mass is 10.0. The van der Waals surface area contributed by atoms with Crippen molar-refractivity contribution < 1.29 is 36.0 Å². The molecule has 0 radical (unpaired) electrons. The van der Waals surface area contributed by atoms with E-state index in [1.54, 1.807) is 31.2 Å². The molecule has 0 fully saturated rings. The molecule has 0 amide bonds. The number of nitro groups is 1. The molecule has 228 valence electrons. The first kappa shape index (κ1) is 30.5. The lowest BCUT2D eigenvalue weighted by Crippen LogP contribution is -2.16. The Hall–Kier alpha value is -4.95. The quantitative estimate of drug-likeness (QED) is 0.116. The van der Waals surface area contributed by atoms with Gasteiger partial charge in [0.2, 0.25) is 0 Å². The van der Waals surface area contributed by atoms with E-state index in [1.165, 1.54) is 37.3 Å². The molecule has 0 bridgehead atoms. The van der Waals surface area contributed by atoms with Gasteiger partial charge in [0.15, 0.2) is 0 Å². The molecule has 0 unspecified atom stereocenters. The number of rotatable bonds is 10. The van der Waals surface area contributed by atoms with E-state index in [2.05, 4.69) is 4.72 Å². The van der Waals surface area contributed by atoms with Gasteiger partial charge in [-0.2, -0.15) is 0 Å². The van der Waals surface area contributed by atoms with E-state index in [-0.39, 0.29) is 49.9 Å². The molecule has 0 aliphatic rings. The predicted molar refractivity (Wildman–Crippen MR) is 164 cm³/mol. The average Bonchev–Trinajstić information content (AvgIpc) is 3.30. The fraction of sp³-hybridized carbons (Fsp3) is 0.167. The van der Waals surface area contributed by atoms with Crippen LogP contribution in [0, 0.1) is 17.0 Å². The molecule has 14 heteroatoms. The van der Waals surface area contributed by atoms with Crippen molar-refractivity contribution in [3.05, 3.63) is 100 Å². The lowest BCUT2D eigenvalue weighted by molar-refractivity contribution is -0.384. The number of hydrogen-bond donors (Lipinski definition) is 1. The van der Waals surface area contributed by atoms with Gasteiger partial charge in [0, 0.05) is 34.0 Å². The summed E-state index contributed by atoms with van der Waals surface area (Å²) >= 11 is 0. The Morgan fingerprint density at radius 2 is 1.48 bits per heavy atom. The number of carbonyl (C=O) groups excluding carboxylic acids is 1. The standard InChI is InChI=1S/C30H27N3O9S2/c1-4-41-21-12-16-22(17-13-21)43(37,38)31-27-18-26-28(30(34)42-5-2)19(3)32(29(26)25-9-7-6-8-24(25)27)44(39,40)23-14-10-20(11-15-23)33(35)36/h6-18,31H,4-5H2,1-3H3. The second-order valence-corrected chi connectivity index (χ2v) is 13.0. The maximum Gasteiger partial charge on any atom is 0.340 e. The van der Waals surface area contributed by atoms with Crippen molar-refractivity contribution in [1.29, 1.82) is 0 Å². The van der Waals surface area contributed by atoms with Crippen LogP contribution >= 0.6 is 0 Å². The number of non-ortho nitro benzene ring substituents is 1. The summed E-state index contributed by atoms with van der Waals surface area (Å²) in [6.45, 7) is 5.27. The van der Waals surface area contributed by atoms with E-state index >= 15 is 0 Å². The van der Waals surface area contributed by atoms with Gasteiger partial charge >= 0.3 is 5.97 Å². The number of nitrogens with one attached hydrogen (secondary N) is 1. The molecule has 1 N–H and O–H groups in total. The third-order valence-electron chi connectivity index (χ3n) is 6.91. The van der Waals surface area contributed by atoms with E-state index in [0.717, 1.165) is 28.2 Å². The Kier molecular flexibility index (Phi) is 8.05. The van der Waals surface area contributed by atoms with Gasteiger partial charge in [-0.15, -0.1) is 0 Å². The highest BCUT2D eigenvalue weighted by Crippen LogP contribution is 2.40. The molecule has 0 aliphatic carbocycles. The topological polar surface area (TPSA) is 164 Å². The molecule has 0 saturated heterocycles. The number of carbonyl (C=O) groups is 1. The van der Waals surface area contributed by atoms with Gasteiger partial charge in [-0.05, 0) is 63.2 Å². The number of fused-ring (bicyclic) bond motifs is 3. The van der Waals surface area contributed by atoms with Crippen LogP contribution in [0.3, 0.4) is 0 Å². The lowest BCUT2D eigenvalue weighted by Gasteiger charge is -2.15. The molecular weight excluding hydrogens is 610 g/mol. The van der Waals surface area contributed by atoms with E-state index < -0.39 is 30.9 Å². The molecular formula is C30H27N3O9S2. The van der Waals surface area contributed by atoms with Crippen molar-refractivity contribution in [2.24, 2.45) is 0 Å². The van der Waals surface area contributed by atoms with Crippen LogP contribution in [0.25, 0.3) is 21.7 Å². The van der Waals surface area contributed by atoms with Crippen molar-refractivity contribution in [3.8, 4) is 5.75 Å². The summed E-state index contributed by atoms with van der Waals surface area (Å²) < 4.78 is 69.4. The molecule has 5 rings (SSSR count). The summed E-state index contributed by atoms with van der Waals surface area (Å²) in [7, 11) is -8.56. The number of ether oxygens (including phenoxy) is 2. The number of hydrogen-bond acceptors (Lipinski definition) is 9. The van der Waals surface area contributed by atoms with Crippen LogP contribution in [-0.4, -0.2) is 44.9 Å². The minimum Gasteiger partial charge on any atom is -0.494 e. The Bertz CT molecular complexity index is 2140. The van der Waals surface area contributed by atoms with Gasteiger partial charge < -0.3 is 9.47 Å². The second kappa shape index (κ2) is 11.6. The molecule has 0 saturated carbocycles. The number of benzene rings is 4. The van der Waals surface area contributed by atoms with Crippen LogP contribution in [0.1, 0.15) is 29.9 Å². The first-order valence-corrected chi connectivity index (χ1v) is 16.3.